The number of hydrogen-bond donors (Lipinski definition) is 3. The maximum atomic E-state index is 12.0. The van der Waals surface area contributed by atoms with Crippen LogP contribution < -0.4 is 15.4 Å². The van der Waals surface area contributed by atoms with Crippen molar-refractivity contribution in [2.75, 3.05) is 6.54 Å². The molecule has 0 aliphatic rings. The summed E-state index contributed by atoms with van der Waals surface area (Å²) in [6, 6.07) is 5.31. The molecular weight excluding hydrogens is 330 g/mol. The Morgan fingerprint density at radius 2 is 1.62 bits per heavy atom. The monoisotopic (exact) mass is 355 g/mol. The van der Waals surface area contributed by atoms with Gasteiger partial charge in [-0.25, -0.2) is 13.1 Å². The first-order valence-electron chi connectivity index (χ1n) is 7.62. The van der Waals surface area contributed by atoms with E-state index in [1.165, 1.54) is 24.3 Å². The predicted octanol–water partition coefficient (Wildman–Crippen LogP) is 1.02. The second-order valence-corrected chi connectivity index (χ2v) is 8.50. The number of sulfonamides is 1. The standard InChI is InChI=1S/C16H25N3O4S/c1-11(2)19-24(22,23)13-8-6-12(7-9-13)15(21)17-10-14(20)18-16(3,4)5/h6-9,11,19H,10H2,1-5H3,(H,17,21)(H,18,20). The molecule has 1 rings (SSSR count). The lowest BCUT2D eigenvalue weighted by molar-refractivity contribution is -0.121. The van der Waals surface area contributed by atoms with E-state index in [0.717, 1.165) is 0 Å². The van der Waals surface area contributed by atoms with Gasteiger partial charge in [-0.2, -0.15) is 0 Å². The van der Waals surface area contributed by atoms with E-state index in [2.05, 4.69) is 15.4 Å². The van der Waals surface area contributed by atoms with Gasteiger partial charge in [-0.1, -0.05) is 0 Å². The van der Waals surface area contributed by atoms with Crippen molar-refractivity contribution in [3.8, 4) is 0 Å². The Balaban J connectivity index is 2.69. The number of carbonyl (C=O) groups is 2. The van der Waals surface area contributed by atoms with Crippen LogP contribution in [0.3, 0.4) is 0 Å². The van der Waals surface area contributed by atoms with Gasteiger partial charge in [0.2, 0.25) is 15.9 Å². The minimum absolute atomic E-state index is 0.0817. The molecule has 2 amide bonds. The van der Waals surface area contributed by atoms with Gasteiger partial charge >= 0.3 is 0 Å². The Morgan fingerprint density at radius 3 is 2.08 bits per heavy atom. The highest BCUT2D eigenvalue weighted by Crippen LogP contribution is 2.11. The topological polar surface area (TPSA) is 104 Å². The fourth-order valence-corrected chi connectivity index (χ4v) is 3.14. The quantitative estimate of drug-likeness (QED) is 0.708. The zero-order valence-corrected chi connectivity index (χ0v) is 15.5. The summed E-state index contributed by atoms with van der Waals surface area (Å²) in [7, 11) is -3.59. The molecular formula is C16H25N3O4S. The Bertz CT molecular complexity index is 689. The lowest BCUT2D eigenvalue weighted by Gasteiger charge is -2.20. The molecule has 0 saturated heterocycles. The summed E-state index contributed by atoms with van der Waals surface area (Å²) in [6.07, 6.45) is 0. The molecule has 134 valence electrons. The molecule has 0 fully saturated rings. The zero-order chi connectivity index (χ0) is 18.5. The van der Waals surface area contributed by atoms with Gasteiger partial charge in [0.05, 0.1) is 11.4 Å². The summed E-state index contributed by atoms with van der Waals surface area (Å²) in [5.74, 6) is -0.740. The molecule has 0 aliphatic carbocycles. The maximum Gasteiger partial charge on any atom is 0.251 e. The molecule has 24 heavy (non-hydrogen) atoms. The highest BCUT2D eigenvalue weighted by Gasteiger charge is 2.17. The first-order valence-corrected chi connectivity index (χ1v) is 9.10. The number of rotatable bonds is 6. The summed E-state index contributed by atoms with van der Waals surface area (Å²) < 4.78 is 26.5. The van der Waals surface area contributed by atoms with Gasteiger partial charge in [-0.3, -0.25) is 9.59 Å². The number of amides is 2. The molecule has 0 spiro atoms. The van der Waals surface area contributed by atoms with E-state index in [1.54, 1.807) is 13.8 Å². The molecule has 3 N–H and O–H groups in total. The van der Waals surface area contributed by atoms with Crippen LogP contribution in [0.15, 0.2) is 29.2 Å². The second-order valence-electron chi connectivity index (χ2n) is 6.78. The van der Waals surface area contributed by atoms with E-state index in [-0.39, 0.29) is 34.5 Å². The highest BCUT2D eigenvalue weighted by atomic mass is 32.2. The van der Waals surface area contributed by atoms with E-state index >= 15 is 0 Å². The number of hydrogen-bond acceptors (Lipinski definition) is 4. The number of carbonyl (C=O) groups excluding carboxylic acids is 2. The third-order valence-electron chi connectivity index (χ3n) is 2.74. The molecule has 0 radical (unpaired) electrons. The fraction of sp³-hybridized carbons (Fsp3) is 0.500. The summed E-state index contributed by atoms with van der Waals surface area (Å²) in [4.78, 5) is 23.7. The van der Waals surface area contributed by atoms with Crippen LogP contribution in [0.25, 0.3) is 0 Å². The molecule has 0 saturated carbocycles. The van der Waals surface area contributed by atoms with Gasteiger partial charge in [-0.15, -0.1) is 0 Å². The lowest BCUT2D eigenvalue weighted by atomic mass is 10.1. The minimum Gasteiger partial charge on any atom is -0.350 e. The Labute approximate surface area is 143 Å². The van der Waals surface area contributed by atoms with E-state index in [1.807, 2.05) is 20.8 Å². The normalized spacial score (nSPS) is 12.1. The van der Waals surface area contributed by atoms with Crippen LogP contribution in [-0.2, 0) is 14.8 Å². The van der Waals surface area contributed by atoms with Crippen molar-refractivity contribution < 1.29 is 18.0 Å². The fourth-order valence-electron chi connectivity index (χ4n) is 1.89. The number of benzene rings is 1. The first-order chi connectivity index (χ1) is 10.9. The summed E-state index contributed by atoms with van der Waals surface area (Å²) in [6.45, 7) is 8.83. The van der Waals surface area contributed by atoms with Gasteiger partial charge in [0, 0.05) is 17.1 Å². The molecule has 0 unspecified atom stereocenters. The van der Waals surface area contributed by atoms with Gasteiger partial charge in [0.25, 0.3) is 5.91 Å². The van der Waals surface area contributed by atoms with E-state index in [9.17, 15) is 18.0 Å². The van der Waals surface area contributed by atoms with Crippen molar-refractivity contribution in [1.82, 2.24) is 15.4 Å². The van der Waals surface area contributed by atoms with E-state index in [0.29, 0.717) is 0 Å². The van der Waals surface area contributed by atoms with Crippen LogP contribution in [0.5, 0.6) is 0 Å². The van der Waals surface area contributed by atoms with Gasteiger partial charge in [-0.05, 0) is 58.9 Å². The van der Waals surface area contributed by atoms with Crippen molar-refractivity contribution in [2.45, 2.75) is 51.1 Å². The van der Waals surface area contributed by atoms with Gasteiger partial charge < -0.3 is 10.6 Å². The van der Waals surface area contributed by atoms with Crippen LogP contribution in [0.1, 0.15) is 45.0 Å². The third kappa shape index (κ3) is 6.67. The highest BCUT2D eigenvalue weighted by molar-refractivity contribution is 7.89. The predicted molar refractivity (Wildman–Crippen MR) is 92.1 cm³/mol. The lowest BCUT2D eigenvalue weighted by Crippen LogP contribution is -2.45. The summed E-state index contributed by atoms with van der Waals surface area (Å²) >= 11 is 0. The van der Waals surface area contributed by atoms with Crippen molar-refractivity contribution >= 4 is 21.8 Å². The largest absolute Gasteiger partial charge is 0.350 e. The second kappa shape index (κ2) is 7.76. The molecule has 7 nitrogen and oxygen atoms in total. The zero-order valence-electron chi connectivity index (χ0n) is 14.6. The van der Waals surface area contributed by atoms with Crippen LogP contribution in [0, 0.1) is 0 Å². The maximum absolute atomic E-state index is 12.0. The molecule has 0 bridgehead atoms. The Morgan fingerprint density at radius 1 is 1.08 bits per heavy atom. The average molecular weight is 355 g/mol. The van der Waals surface area contributed by atoms with Crippen LogP contribution in [0.4, 0.5) is 0 Å². The molecule has 1 aromatic rings. The molecule has 0 aromatic heterocycles. The Kier molecular flexibility index (Phi) is 6.50. The van der Waals surface area contributed by atoms with Crippen LogP contribution in [0.2, 0.25) is 0 Å². The van der Waals surface area contributed by atoms with Crippen LogP contribution in [-0.4, -0.2) is 38.4 Å². The average Bonchev–Trinajstić information content (AvgIpc) is 2.41. The summed E-state index contributed by atoms with van der Waals surface area (Å²) in [5.41, 5.74) is -0.0941. The molecule has 0 atom stereocenters. The van der Waals surface area contributed by atoms with Crippen molar-refractivity contribution in [1.29, 1.82) is 0 Å². The molecule has 0 heterocycles. The smallest absolute Gasteiger partial charge is 0.251 e. The Hall–Kier alpha value is -1.93. The molecule has 0 aliphatic heterocycles. The van der Waals surface area contributed by atoms with Crippen molar-refractivity contribution in [3.63, 3.8) is 0 Å². The van der Waals surface area contributed by atoms with Crippen LogP contribution >= 0.6 is 0 Å². The van der Waals surface area contributed by atoms with Gasteiger partial charge in [0.15, 0.2) is 0 Å². The van der Waals surface area contributed by atoms with Gasteiger partial charge in [0.1, 0.15) is 0 Å². The van der Waals surface area contributed by atoms with Crippen molar-refractivity contribution in [2.24, 2.45) is 0 Å². The molecule has 8 heteroatoms. The van der Waals surface area contributed by atoms with E-state index in [4.69, 9.17) is 0 Å². The van der Waals surface area contributed by atoms with E-state index < -0.39 is 15.9 Å². The number of nitrogens with one attached hydrogen (secondary N) is 3. The SMILES string of the molecule is CC(C)NS(=O)(=O)c1ccc(C(=O)NCC(=O)NC(C)(C)C)cc1. The van der Waals surface area contributed by atoms with Crippen molar-refractivity contribution in [3.05, 3.63) is 29.8 Å². The minimum atomic E-state index is -3.59. The first kappa shape index (κ1) is 20.1. The third-order valence-corrected chi connectivity index (χ3v) is 4.42. The summed E-state index contributed by atoms with van der Waals surface area (Å²) in [5, 5.41) is 5.23. The molecule has 1 aromatic carbocycles.